The van der Waals surface area contributed by atoms with E-state index in [-0.39, 0.29) is 0 Å². The normalized spacial score (nSPS) is 10.7. The summed E-state index contributed by atoms with van der Waals surface area (Å²) in [7, 11) is 1.71. The van der Waals surface area contributed by atoms with E-state index in [0.717, 1.165) is 4.47 Å². The molecule has 0 spiro atoms. The average molecular weight is 251 g/mol. The van der Waals surface area contributed by atoms with E-state index in [9.17, 15) is 0 Å². The molecule has 2 aromatic rings. The SMILES string of the molecule is COCc1ccc2cc(Br)ccc2c1. The van der Waals surface area contributed by atoms with Gasteiger partial charge in [0.2, 0.25) is 0 Å². The lowest BCUT2D eigenvalue weighted by Gasteiger charge is -2.02. The van der Waals surface area contributed by atoms with Gasteiger partial charge in [-0.3, -0.25) is 0 Å². The van der Waals surface area contributed by atoms with Crippen LogP contribution in [0.2, 0.25) is 0 Å². The van der Waals surface area contributed by atoms with E-state index < -0.39 is 0 Å². The Morgan fingerprint density at radius 1 is 1.07 bits per heavy atom. The number of halogens is 1. The molecule has 0 amide bonds. The summed E-state index contributed by atoms with van der Waals surface area (Å²) in [5.74, 6) is 0. The second-order valence-electron chi connectivity index (χ2n) is 3.26. The molecule has 0 radical (unpaired) electrons. The first kappa shape index (κ1) is 9.69. The molecule has 0 saturated carbocycles. The van der Waals surface area contributed by atoms with Crippen molar-refractivity contribution in [3.8, 4) is 0 Å². The van der Waals surface area contributed by atoms with Gasteiger partial charge in [-0.15, -0.1) is 0 Å². The quantitative estimate of drug-likeness (QED) is 0.789. The highest BCUT2D eigenvalue weighted by atomic mass is 79.9. The van der Waals surface area contributed by atoms with Crippen LogP contribution in [0.5, 0.6) is 0 Å². The second kappa shape index (κ2) is 4.11. The van der Waals surface area contributed by atoms with E-state index in [1.807, 2.05) is 0 Å². The van der Waals surface area contributed by atoms with Gasteiger partial charge in [0.1, 0.15) is 0 Å². The number of benzene rings is 2. The lowest BCUT2D eigenvalue weighted by atomic mass is 10.1. The molecule has 2 rings (SSSR count). The van der Waals surface area contributed by atoms with Gasteiger partial charge in [-0.25, -0.2) is 0 Å². The van der Waals surface area contributed by atoms with E-state index in [0.29, 0.717) is 6.61 Å². The number of rotatable bonds is 2. The summed E-state index contributed by atoms with van der Waals surface area (Å²) in [5.41, 5.74) is 1.21. The Labute approximate surface area is 91.8 Å². The Bertz CT molecular complexity index is 451. The predicted octanol–water partition coefficient (Wildman–Crippen LogP) is 3.75. The Kier molecular flexibility index (Phi) is 2.85. The molecular weight excluding hydrogens is 240 g/mol. The maximum atomic E-state index is 5.09. The van der Waals surface area contributed by atoms with E-state index in [1.54, 1.807) is 7.11 Å². The monoisotopic (exact) mass is 250 g/mol. The number of fused-ring (bicyclic) bond motifs is 1. The van der Waals surface area contributed by atoms with Crippen LogP contribution in [0.25, 0.3) is 10.8 Å². The number of hydrogen-bond acceptors (Lipinski definition) is 1. The van der Waals surface area contributed by atoms with Crippen LogP contribution < -0.4 is 0 Å². The van der Waals surface area contributed by atoms with Gasteiger partial charge in [-0.2, -0.15) is 0 Å². The molecule has 1 nitrogen and oxygen atoms in total. The van der Waals surface area contributed by atoms with Crippen LogP contribution in [0.15, 0.2) is 40.9 Å². The molecule has 0 aliphatic carbocycles. The molecule has 0 saturated heterocycles. The summed E-state index contributed by atoms with van der Waals surface area (Å²) >= 11 is 3.46. The Morgan fingerprint density at radius 2 is 1.79 bits per heavy atom. The van der Waals surface area contributed by atoms with E-state index >= 15 is 0 Å². The van der Waals surface area contributed by atoms with Gasteiger partial charge in [-0.05, 0) is 34.5 Å². The second-order valence-corrected chi connectivity index (χ2v) is 4.17. The van der Waals surface area contributed by atoms with Crippen LogP contribution in [-0.4, -0.2) is 7.11 Å². The van der Waals surface area contributed by atoms with E-state index in [4.69, 9.17) is 4.74 Å². The third kappa shape index (κ3) is 1.97. The molecule has 0 aliphatic rings. The van der Waals surface area contributed by atoms with Crippen molar-refractivity contribution in [3.63, 3.8) is 0 Å². The maximum absolute atomic E-state index is 5.09. The first-order valence-electron chi connectivity index (χ1n) is 4.47. The molecule has 0 aromatic heterocycles. The summed E-state index contributed by atoms with van der Waals surface area (Å²) in [6.07, 6.45) is 0. The smallest absolute Gasteiger partial charge is 0.0713 e. The molecule has 0 aliphatic heterocycles. The average Bonchev–Trinajstić information content (AvgIpc) is 2.19. The van der Waals surface area contributed by atoms with Crippen molar-refractivity contribution in [2.75, 3.05) is 7.11 Å². The third-order valence-electron chi connectivity index (χ3n) is 2.18. The predicted molar refractivity (Wildman–Crippen MR) is 62.4 cm³/mol. The fourth-order valence-electron chi connectivity index (χ4n) is 1.52. The zero-order valence-electron chi connectivity index (χ0n) is 7.96. The van der Waals surface area contributed by atoms with Crippen LogP contribution >= 0.6 is 15.9 Å². The van der Waals surface area contributed by atoms with Crippen molar-refractivity contribution in [1.29, 1.82) is 0 Å². The van der Waals surface area contributed by atoms with Gasteiger partial charge in [0.15, 0.2) is 0 Å². The summed E-state index contributed by atoms with van der Waals surface area (Å²) < 4.78 is 6.21. The molecule has 0 N–H and O–H groups in total. The van der Waals surface area contributed by atoms with Gasteiger partial charge >= 0.3 is 0 Å². The summed E-state index contributed by atoms with van der Waals surface area (Å²) in [6, 6.07) is 12.7. The molecule has 0 atom stereocenters. The molecular formula is C12H11BrO. The van der Waals surface area contributed by atoms with Gasteiger partial charge in [0.25, 0.3) is 0 Å². The minimum atomic E-state index is 0.673. The van der Waals surface area contributed by atoms with Crippen LogP contribution in [0.1, 0.15) is 5.56 Å². The summed E-state index contributed by atoms with van der Waals surface area (Å²) in [6.45, 7) is 0.673. The van der Waals surface area contributed by atoms with Crippen LogP contribution in [-0.2, 0) is 11.3 Å². The molecule has 2 heteroatoms. The van der Waals surface area contributed by atoms with Crippen molar-refractivity contribution < 1.29 is 4.74 Å². The van der Waals surface area contributed by atoms with Crippen molar-refractivity contribution in [2.24, 2.45) is 0 Å². The standard InChI is InChI=1S/C12H11BrO/c1-14-8-9-2-3-11-7-12(13)5-4-10(11)6-9/h2-7H,8H2,1H3. The number of hydrogen-bond donors (Lipinski definition) is 0. The zero-order chi connectivity index (χ0) is 9.97. The molecule has 14 heavy (non-hydrogen) atoms. The zero-order valence-corrected chi connectivity index (χ0v) is 9.54. The summed E-state index contributed by atoms with van der Waals surface area (Å²) in [5, 5.41) is 2.50. The topological polar surface area (TPSA) is 9.23 Å². The van der Waals surface area contributed by atoms with Crippen LogP contribution in [0.3, 0.4) is 0 Å². The highest BCUT2D eigenvalue weighted by Crippen LogP contribution is 2.21. The molecule has 2 aromatic carbocycles. The van der Waals surface area contributed by atoms with Crippen molar-refractivity contribution in [2.45, 2.75) is 6.61 Å². The summed E-state index contributed by atoms with van der Waals surface area (Å²) in [4.78, 5) is 0. The first-order chi connectivity index (χ1) is 6.79. The molecule has 0 heterocycles. The van der Waals surface area contributed by atoms with Gasteiger partial charge in [0.05, 0.1) is 6.61 Å². The minimum absolute atomic E-state index is 0.673. The van der Waals surface area contributed by atoms with Gasteiger partial charge < -0.3 is 4.74 Å². The third-order valence-corrected chi connectivity index (χ3v) is 2.67. The van der Waals surface area contributed by atoms with E-state index in [1.165, 1.54) is 16.3 Å². The van der Waals surface area contributed by atoms with Crippen LogP contribution in [0.4, 0.5) is 0 Å². The lowest BCUT2D eigenvalue weighted by molar-refractivity contribution is 0.185. The van der Waals surface area contributed by atoms with Gasteiger partial charge in [-0.1, -0.05) is 34.1 Å². The Balaban J connectivity index is 2.50. The highest BCUT2D eigenvalue weighted by molar-refractivity contribution is 9.10. The number of ether oxygens (including phenoxy) is 1. The van der Waals surface area contributed by atoms with E-state index in [2.05, 4.69) is 52.3 Å². The first-order valence-corrected chi connectivity index (χ1v) is 5.26. The van der Waals surface area contributed by atoms with Gasteiger partial charge in [0, 0.05) is 11.6 Å². The minimum Gasteiger partial charge on any atom is -0.380 e. The Morgan fingerprint density at radius 3 is 2.57 bits per heavy atom. The number of methoxy groups -OCH3 is 1. The molecule has 72 valence electrons. The fourth-order valence-corrected chi connectivity index (χ4v) is 1.90. The van der Waals surface area contributed by atoms with Crippen molar-refractivity contribution in [3.05, 3.63) is 46.4 Å². The maximum Gasteiger partial charge on any atom is 0.0713 e. The lowest BCUT2D eigenvalue weighted by Crippen LogP contribution is -1.86. The van der Waals surface area contributed by atoms with Crippen molar-refractivity contribution in [1.82, 2.24) is 0 Å². The Hall–Kier alpha value is -0.860. The molecule has 0 bridgehead atoms. The van der Waals surface area contributed by atoms with Crippen molar-refractivity contribution >= 4 is 26.7 Å². The highest BCUT2D eigenvalue weighted by Gasteiger charge is 1.96. The molecule has 0 unspecified atom stereocenters. The molecule has 0 fully saturated rings. The largest absolute Gasteiger partial charge is 0.380 e. The fraction of sp³-hybridized carbons (Fsp3) is 0.167. The van der Waals surface area contributed by atoms with Crippen LogP contribution in [0, 0.1) is 0 Å².